The number of ether oxygens (including phenoxy) is 3. The average molecular weight is 309 g/mol. The van der Waals surface area contributed by atoms with Gasteiger partial charge in [0, 0.05) is 24.2 Å². The zero-order chi connectivity index (χ0) is 16.1. The summed E-state index contributed by atoms with van der Waals surface area (Å²) in [6, 6.07) is 5.23. The number of aliphatic hydroxyl groups excluding tert-OH is 1. The minimum Gasteiger partial charge on any atom is -0.497 e. The highest BCUT2D eigenvalue weighted by Crippen LogP contribution is 2.33. The molecule has 0 aromatic heterocycles. The van der Waals surface area contributed by atoms with Crippen LogP contribution in [0.25, 0.3) is 0 Å². The second-order valence-corrected chi connectivity index (χ2v) is 5.30. The van der Waals surface area contributed by atoms with Crippen molar-refractivity contribution in [2.45, 2.75) is 31.5 Å². The quantitative estimate of drug-likeness (QED) is 0.728. The molecule has 22 heavy (non-hydrogen) atoms. The summed E-state index contributed by atoms with van der Waals surface area (Å²) < 4.78 is 15.4. The van der Waals surface area contributed by atoms with Crippen LogP contribution in [0.2, 0.25) is 0 Å². The zero-order valence-corrected chi connectivity index (χ0v) is 13.2. The van der Waals surface area contributed by atoms with E-state index in [9.17, 15) is 9.90 Å². The maximum absolute atomic E-state index is 11.9. The molecule has 1 N–H and O–H groups in total. The molecule has 0 heterocycles. The number of rotatable bonds is 8. The number of hydrogen-bond donors (Lipinski definition) is 1. The van der Waals surface area contributed by atoms with Crippen molar-refractivity contribution >= 4 is 5.97 Å². The molecule has 1 fully saturated rings. The molecule has 0 spiro atoms. The summed E-state index contributed by atoms with van der Waals surface area (Å²) in [5.74, 6) is 0.999. The van der Waals surface area contributed by atoms with Gasteiger partial charge in [0.1, 0.15) is 17.5 Å². The van der Waals surface area contributed by atoms with E-state index in [-0.39, 0.29) is 6.61 Å². The van der Waals surface area contributed by atoms with Crippen LogP contribution in [-0.4, -0.2) is 56.0 Å². The third-order valence-electron chi connectivity index (χ3n) is 3.91. The van der Waals surface area contributed by atoms with E-state index in [1.807, 2.05) is 23.1 Å². The molecule has 0 unspecified atom stereocenters. The van der Waals surface area contributed by atoms with E-state index in [0.717, 1.165) is 18.4 Å². The minimum absolute atomic E-state index is 0.262. The first-order valence-electron chi connectivity index (χ1n) is 7.30. The summed E-state index contributed by atoms with van der Waals surface area (Å²) >= 11 is 0. The number of aliphatic hydroxyl groups is 1. The normalized spacial score (nSPS) is 15.5. The van der Waals surface area contributed by atoms with Gasteiger partial charge in [0.2, 0.25) is 0 Å². The van der Waals surface area contributed by atoms with Crippen LogP contribution in [0.1, 0.15) is 18.4 Å². The van der Waals surface area contributed by atoms with E-state index in [1.165, 1.54) is 7.11 Å². The molecule has 1 aromatic carbocycles. The lowest BCUT2D eigenvalue weighted by atomic mass is 10.1. The predicted octanol–water partition coefficient (Wildman–Crippen LogP) is 1.20. The summed E-state index contributed by atoms with van der Waals surface area (Å²) in [4.78, 5) is 13.9. The largest absolute Gasteiger partial charge is 0.497 e. The van der Waals surface area contributed by atoms with Crippen molar-refractivity contribution < 1.29 is 24.1 Å². The average Bonchev–Trinajstić information content (AvgIpc) is 3.39. The molecule has 1 aliphatic carbocycles. The summed E-state index contributed by atoms with van der Waals surface area (Å²) in [5, 5.41) is 9.57. The van der Waals surface area contributed by atoms with Crippen molar-refractivity contribution in [1.29, 1.82) is 0 Å². The molecule has 1 aromatic rings. The first-order valence-corrected chi connectivity index (χ1v) is 7.30. The highest BCUT2D eigenvalue weighted by molar-refractivity contribution is 5.76. The highest BCUT2D eigenvalue weighted by atomic mass is 16.5. The zero-order valence-electron chi connectivity index (χ0n) is 13.2. The fourth-order valence-corrected chi connectivity index (χ4v) is 2.53. The number of benzene rings is 1. The molecule has 2 rings (SSSR count). The molecule has 6 heteroatoms. The van der Waals surface area contributed by atoms with Gasteiger partial charge in [-0.1, -0.05) is 6.07 Å². The van der Waals surface area contributed by atoms with Gasteiger partial charge in [-0.3, -0.25) is 9.69 Å². The number of nitrogens with zero attached hydrogens (tertiary/aromatic N) is 1. The summed E-state index contributed by atoms with van der Waals surface area (Å²) in [5.41, 5.74) is 0.942. The van der Waals surface area contributed by atoms with Crippen LogP contribution in [0.5, 0.6) is 11.5 Å². The predicted molar refractivity (Wildman–Crippen MR) is 81.0 cm³/mol. The Morgan fingerprint density at radius 2 is 2.05 bits per heavy atom. The van der Waals surface area contributed by atoms with Crippen LogP contribution < -0.4 is 9.47 Å². The van der Waals surface area contributed by atoms with Crippen LogP contribution in [0, 0.1) is 0 Å². The smallest absolute Gasteiger partial charge is 0.325 e. The van der Waals surface area contributed by atoms with Gasteiger partial charge in [0.05, 0.1) is 27.9 Å². The first kappa shape index (κ1) is 16.6. The maximum atomic E-state index is 11.9. The van der Waals surface area contributed by atoms with E-state index in [2.05, 4.69) is 0 Å². The standard InChI is InChI=1S/C16H23NO5/c1-20-13-7-4-11(15(8-13)21-2)9-17(12-5-6-12)14(10-18)16(19)22-3/h4,7-8,12,14,18H,5-6,9-10H2,1-3H3/t14-/m1/s1. The van der Waals surface area contributed by atoms with Gasteiger partial charge >= 0.3 is 5.97 Å². The SMILES string of the molecule is COC(=O)[C@@H](CO)N(Cc1ccc(OC)cc1OC)C1CC1. The topological polar surface area (TPSA) is 68.2 Å². The molecule has 0 saturated heterocycles. The second kappa shape index (κ2) is 7.47. The lowest BCUT2D eigenvalue weighted by Gasteiger charge is -2.29. The molecule has 6 nitrogen and oxygen atoms in total. The Kier molecular flexibility index (Phi) is 5.63. The molecule has 122 valence electrons. The van der Waals surface area contributed by atoms with Crippen LogP contribution in [0.15, 0.2) is 18.2 Å². The van der Waals surface area contributed by atoms with Crippen molar-refractivity contribution in [3.8, 4) is 11.5 Å². The molecular weight excluding hydrogens is 286 g/mol. The third kappa shape index (κ3) is 3.69. The second-order valence-electron chi connectivity index (χ2n) is 5.30. The Balaban J connectivity index is 2.22. The van der Waals surface area contributed by atoms with Crippen LogP contribution in [0.4, 0.5) is 0 Å². The van der Waals surface area contributed by atoms with Crippen molar-refractivity contribution in [3.05, 3.63) is 23.8 Å². The van der Waals surface area contributed by atoms with Gasteiger partial charge in [0.15, 0.2) is 0 Å². The van der Waals surface area contributed by atoms with Crippen molar-refractivity contribution in [2.24, 2.45) is 0 Å². The van der Waals surface area contributed by atoms with Crippen molar-refractivity contribution in [3.63, 3.8) is 0 Å². The van der Waals surface area contributed by atoms with E-state index in [1.54, 1.807) is 14.2 Å². The molecule has 1 atom stereocenters. The van der Waals surface area contributed by atoms with Gasteiger partial charge in [-0.05, 0) is 18.9 Å². The first-order chi connectivity index (χ1) is 10.6. The summed E-state index contributed by atoms with van der Waals surface area (Å²) in [6.07, 6.45) is 2.04. The van der Waals surface area contributed by atoms with Crippen LogP contribution in [0.3, 0.4) is 0 Å². The Morgan fingerprint density at radius 1 is 1.32 bits per heavy atom. The molecule has 1 saturated carbocycles. The highest BCUT2D eigenvalue weighted by Gasteiger charge is 2.38. The van der Waals surface area contributed by atoms with Gasteiger partial charge < -0.3 is 19.3 Å². The van der Waals surface area contributed by atoms with E-state index >= 15 is 0 Å². The fourth-order valence-electron chi connectivity index (χ4n) is 2.53. The van der Waals surface area contributed by atoms with E-state index in [0.29, 0.717) is 24.1 Å². The lowest BCUT2D eigenvalue weighted by Crippen LogP contribution is -2.45. The van der Waals surface area contributed by atoms with E-state index in [4.69, 9.17) is 14.2 Å². The molecule has 0 radical (unpaired) electrons. The van der Waals surface area contributed by atoms with Crippen molar-refractivity contribution in [1.82, 2.24) is 4.90 Å². The van der Waals surface area contributed by atoms with Gasteiger partial charge in [0.25, 0.3) is 0 Å². The Morgan fingerprint density at radius 3 is 2.55 bits per heavy atom. The van der Waals surface area contributed by atoms with Crippen molar-refractivity contribution in [2.75, 3.05) is 27.9 Å². The molecule has 0 aliphatic heterocycles. The number of esters is 1. The lowest BCUT2D eigenvalue weighted by molar-refractivity contribution is -0.149. The van der Waals surface area contributed by atoms with Crippen LogP contribution >= 0.6 is 0 Å². The number of carbonyl (C=O) groups excluding carboxylic acids is 1. The summed E-state index contributed by atoms with van der Waals surface area (Å²) in [6.45, 7) is 0.250. The minimum atomic E-state index is -0.649. The Labute approximate surface area is 130 Å². The summed E-state index contributed by atoms with van der Waals surface area (Å²) in [7, 11) is 4.54. The fraction of sp³-hybridized carbons (Fsp3) is 0.562. The molecule has 0 amide bonds. The number of hydrogen-bond acceptors (Lipinski definition) is 6. The number of methoxy groups -OCH3 is 3. The Bertz CT molecular complexity index is 515. The van der Waals surface area contributed by atoms with Gasteiger partial charge in [-0.15, -0.1) is 0 Å². The van der Waals surface area contributed by atoms with Crippen LogP contribution in [-0.2, 0) is 16.1 Å². The van der Waals surface area contributed by atoms with Gasteiger partial charge in [-0.2, -0.15) is 0 Å². The molecular formula is C16H23NO5. The molecule has 0 bridgehead atoms. The Hall–Kier alpha value is -1.79. The molecule has 1 aliphatic rings. The van der Waals surface area contributed by atoms with Gasteiger partial charge in [-0.25, -0.2) is 0 Å². The monoisotopic (exact) mass is 309 g/mol. The number of carbonyl (C=O) groups is 1. The van der Waals surface area contributed by atoms with E-state index < -0.39 is 12.0 Å². The third-order valence-corrected chi connectivity index (χ3v) is 3.91. The maximum Gasteiger partial charge on any atom is 0.325 e.